The summed E-state index contributed by atoms with van der Waals surface area (Å²) in [6, 6.07) is 0. The molecule has 23 heteroatoms. The number of aliphatic hydroxyl groups excluding tert-OH is 8. The third-order valence-corrected chi connectivity index (χ3v) is 8.80. The first-order valence-corrected chi connectivity index (χ1v) is 15.4. The molecule has 13 N–H and O–H groups in total. The lowest BCUT2D eigenvalue weighted by molar-refractivity contribution is -0.397. The summed E-state index contributed by atoms with van der Waals surface area (Å²) in [4.78, 5) is 47.9. The molecular weight excluding hydrogens is 678 g/mol. The Labute approximate surface area is 281 Å². The SMILES string of the molecule is CO[C@H]1O[C@H](CO)[C@@H](O)[C@H](O[C@]2(CNC(=O)CC(=O)NC[C@H]3O[C@@H](n4cnc5c(=O)[nH]c(N)nc54)[C@H](O)[C@@H]3O)O[C@@H](C)[C@@H](O)[C@@H](O)[C@@H]2O)[C@H]1O. The van der Waals surface area contributed by atoms with Gasteiger partial charge in [-0.15, -0.1) is 0 Å². The quantitative estimate of drug-likeness (QED) is 0.0959. The topological polar surface area (TPSA) is 356 Å². The van der Waals surface area contributed by atoms with Crippen molar-refractivity contribution in [2.24, 2.45) is 0 Å². The van der Waals surface area contributed by atoms with Crippen LogP contribution in [0.3, 0.4) is 0 Å². The van der Waals surface area contributed by atoms with Gasteiger partial charge in [-0.2, -0.15) is 4.98 Å². The molecule has 0 unspecified atom stereocenters. The zero-order chi connectivity index (χ0) is 36.7. The predicted molar refractivity (Wildman–Crippen MR) is 160 cm³/mol. The van der Waals surface area contributed by atoms with Crippen LogP contribution < -0.4 is 21.9 Å². The largest absolute Gasteiger partial charge is 0.394 e. The molecule has 0 aromatic carbocycles. The van der Waals surface area contributed by atoms with Crippen molar-refractivity contribution < 1.29 is 74.1 Å². The maximum atomic E-state index is 12.9. The molecule has 2 aromatic rings. The summed E-state index contributed by atoms with van der Waals surface area (Å²) >= 11 is 0. The number of H-pyrrole nitrogens is 1. The van der Waals surface area contributed by atoms with E-state index in [9.17, 15) is 55.2 Å². The van der Waals surface area contributed by atoms with E-state index in [2.05, 4.69) is 25.6 Å². The van der Waals surface area contributed by atoms with Gasteiger partial charge < -0.3 is 80.9 Å². The predicted octanol–water partition coefficient (Wildman–Crippen LogP) is -7.39. The fourth-order valence-electron chi connectivity index (χ4n) is 6.05. The fourth-order valence-corrected chi connectivity index (χ4v) is 6.05. The molecule has 0 saturated carbocycles. The Balaban J connectivity index is 1.22. The lowest BCUT2D eigenvalue weighted by atomic mass is 9.91. The van der Waals surface area contributed by atoms with E-state index in [-0.39, 0.29) is 23.7 Å². The number of nitrogens with two attached hydrogens (primary N) is 1. The van der Waals surface area contributed by atoms with Crippen molar-refractivity contribution in [1.29, 1.82) is 0 Å². The first-order valence-electron chi connectivity index (χ1n) is 15.4. The van der Waals surface area contributed by atoms with Crippen molar-refractivity contribution >= 4 is 28.9 Å². The highest BCUT2D eigenvalue weighted by molar-refractivity contribution is 5.96. The highest BCUT2D eigenvalue weighted by Gasteiger charge is 2.58. The monoisotopic (exact) mass is 719 g/mol. The Morgan fingerprint density at radius 3 is 2.38 bits per heavy atom. The van der Waals surface area contributed by atoms with Crippen molar-refractivity contribution in [2.75, 3.05) is 32.5 Å². The van der Waals surface area contributed by atoms with Crippen LogP contribution in [0.15, 0.2) is 11.1 Å². The summed E-state index contributed by atoms with van der Waals surface area (Å²) in [5.74, 6) is -4.49. The number of fused-ring (bicyclic) bond motifs is 1. The molecule has 3 fully saturated rings. The highest BCUT2D eigenvalue weighted by Crippen LogP contribution is 2.36. The second-order valence-electron chi connectivity index (χ2n) is 12.2. The molecule has 0 spiro atoms. The first-order chi connectivity index (χ1) is 23.6. The van der Waals surface area contributed by atoms with Crippen LogP contribution in [0.5, 0.6) is 0 Å². The molecule has 0 bridgehead atoms. The maximum absolute atomic E-state index is 12.9. The number of carbonyl (C=O) groups is 2. The number of rotatable bonds is 11. The normalized spacial score (nSPS) is 39.0. The van der Waals surface area contributed by atoms with E-state index < -0.39 is 122 Å². The average molecular weight is 720 g/mol. The van der Waals surface area contributed by atoms with Gasteiger partial charge in [-0.25, -0.2) is 4.98 Å². The molecule has 50 heavy (non-hydrogen) atoms. The van der Waals surface area contributed by atoms with Crippen LogP contribution in [0.2, 0.25) is 0 Å². The fraction of sp³-hybridized carbons (Fsp3) is 0.741. The molecule has 2 aromatic heterocycles. The Morgan fingerprint density at radius 1 is 1.00 bits per heavy atom. The van der Waals surface area contributed by atoms with Crippen LogP contribution >= 0.6 is 0 Å². The number of nitrogens with one attached hydrogen (secondary N) is 3. The Kier molecular flexibility index (Phi) is 11.4. The molecule has 3 aliphatic rings. The second kappa shape index (κ2) is 15.0. The number of aromatic amines is 1. The van der Waals surface area contributed by atoms with Gasteiger partial charge in [0, 0.05) is 13.7 Å². The van der Waals surface area contributed by atoms with Crippen LogP contribution in [0.1, 0.15) is 19.6 Å². The highest BCUT2D eigenvalue weighted by atomic mass is 16.7. The first kappa shape index (κ1) is 37.8. The van der Waals surface area contributed by atoms with E-state index >= 15 is 0 Å². The van der Waals surface area contributed by atoms with E-state index in [0.29, 0.717) is 0 Å². The molecule has 23 nitrogen and oxygen atoms in total. The number of methoxy groups -OCH3 is 1. The number of imidazole rings is 1. The van der Waals surface area contributed by atoms with E-state index in [0.717, 1.165) is 6.33 Å². The van der Waals surface area contributed by atoms with E-state index in [1.165, 1.54) is 18.6 Å². The third-order valence-electron chi connectivity index (χ3n) is 8.80. The summed E-state index contributed by atoms with van der Waals surface area (Å²) in [6.45, 7) is -0.581. The number of anilines is 1. The summed E-state index contributed by atoms with van der Waals surface area (Å²) in [6.07, 6.45) is -19.9. The summed E-state index contributed by atoms with van der Waals surface area (Å²) < 4.78 is 28.8. The van der Waals surface area contributed by atoms with Crippen molar-refractivity contribution in [1.82, 2.24) is 30.2 Å². The minimum absolute atomic E-state index is 0.0262. The molecule has 0 aliphatic carbocycles. The summed E-state index contributed by atoms with van der Waals surface area (Å²) in [5.41, 5.74) is 4.84. The molecule has 5 rings (SSSR count). The van der Waals surface area contributed by atoms with Crippen LogP contribution in [0.25, 0.3) is 11.2 Å². The van der Waals surface area contributed by atoms with Crippen molar-refractivity contribution in [3.8, 4) is 0 Å². The van der Waals surface area contributed by atoms with Gasteiger partial charge in [-0.3, -0.25) is 23.9 Å². The maximum Gasteiger partial charge on any atom is 0.280 e. The molecule has 3 aliphatic heterocycles. The number of amides is 2. The Morgan fingerprint density at radius 2 is 1.70 bits per heavy atom. The van der Waals surface area contributed by atoms with Crippen molar-refractivity contribution in [3.63, 3.8) is 0 Å². The van der Waals surface area contributed by atoms with E-state index in [1.54, 1.807) is 0 Å². The van der Waals surface area contributed by atoms with Crippen LogP contribution in [-0.4, -0.2) is 178 Å². The van der Waals surface area contributed by atoms with Gasteiger partial charge in [-0.05, 0) is 6.92 Å². The zero-order valence-corrected chi connectivity index (χ0v) is 26.7. The smallest absolute Gasteiger partial charge is 0.280 e. The molecule has 2 amide bonds. The van der Waals surface area contributed by atoms with Gasteiger partial charge in [0.05, 0.1) is 25.6 Å². The molecule has 0 radical (unpaired) electrons. The molecule has 5 heterocycles. The minimum Gasteiger partial charge on any atom is -0.394 e. The zero-order valence-electron chi connectivity index (χ0n) is 26.7. The Hall–Kier alpha value is -3.43. The minimum atomic E-state index is -2.43. The van der Waals surface area contributed by atoms with Gasteiger partial charge in [0.15, 0.2) is 23.7 Å². The number of aliphatic hydroxyl groups is 8. The second-order valence-corrected chi connectivity index (χ2v) is 12.2. The number of hydrogen-bond acceptors (Lipinski definition) is 19. The number of nitrogens with zero attached hydrogens (tertiary/aromatic N) is 3. The number of aromatic nitrogens is 4. The lowest BCUT2D eigenvalue weighted by Crippen LogP contribution is -2.71. The molecule has 14 atom stereocenters. The van der Waals surface area contributed by atoms with Gasteiger partial charge in [0.2, 0.25) is 23.5 Å². The molecule has 280 valence electrons. The Bertz CT molecular complexity index is 1560. The van der Waals surface area contributed by atoms with Gasteiger partial charge in [0.25, 0.3) is 5.56 Å². The van der Waals surface area contributed by atoms with Crippen LogP contribution in [0, 0.1) is 0 Å². The molecular formula is C27H41N7O16. The number of carbonyl (C=O) groups excluding carboxylic acids is 2. The van der Waals surface area contributed by atoms with Gasteiger partial charge in [0.1, 0.15) is 67.5 Å². The summed E-state index contributed by atoms with van der Waals surface area (Å²) in [5, 5.41) is 88.9. The lowest BCUT2D eigenvalue weighted by Gasteiger charge is -2.51. The van der Waals surface area contributed by atoms with Crippen LogP contribution in [0.4, 0.5) is 5.95 Å². The van der Waals surface area contributed by atoms with E-state index in [1.807, 2.05) is 0 Å². The molecule has 3 saturated heterocycles. The van der Waals surface area contributed by atoms with E-state index in [4.69, 9.17) is 29.4 Å². The van der Waals surface area contributed by atoms with Crippen molar-refractivity contribution in [2.45, 2.75) is 98.8 Å². The third kappa shape index (κ3) is 7.18. The van der Waals surface area contributed by atoms with Crippen molar-refractivity contribution in [3.05, 3.63) is 16.7 Å². The standard InChI is InChI=1S/C27H41N7O16/c1-8-14(38)17(41)21(44)27(49-8,50-20-16(40)10(5-35)48-25(46-2)19(20)43)6-30-12(37)3-11(36)29-4-9-15(39)18(42)24(47-9)34-7-31-13-22(34)32-26(28)33-23(13)45/h7-10,14-21,24-25,35,38-44H,3-6H2,1-2H3,(H,29,36)(H,30,37)(H3,28,32,33,45)/t8-,9+,10+,14+,15+,16+,17+,18+,19+,20-,21-,24+,25-,27-/m0/s1. The number of nitrogen functional groups attached to an aromatic ring is 1. The number of hydrogen-bond donors (Lipinski definition) is 12. The van der Waals surface area contributed by atoms with Crippen LogP contribution in [-0.2, 0) is 33.3 Å². The average Bonchev–Trinajstić information content (AvgIpc) is 3.62. The van der Waals surface area contributed by atoms with Gasteiger partial charge in [-0.1, -0.05) is 0 Å². The van der Waals surface area contributed by atoms with Gasteiger partial charge >= 0.3 is 0 Å². The number of ether oxygens (including phenoxy) is 5. The summed E-state index contributed by atoms with van der Waals surface area (Å²) in [7, 11) is 1.17.